The van der Waals surface area contributed by atoms with Crippen LogP contribution < -0.4 is 5.32 Å². The molecule has 2 rings (SSSR count). The number of halogens is 1. The van der Waals surface area contributed by atoms with Gasteiger partial charge in [-0.25, -0.2) is 0 Å². The van der Waals surface area contributed by atoms with E-state index in [9.17, 15) is 0 Å². The Morgan fingerprint density at radius 3 is 2.88 bits per heavy atom. The van der Waals surface area contributed by atoms with E-state index in [0.29, 0.717) is 6.04 Å². The molecule has 2 nitrogen and oxygen atoms in total. The summed E-state index contributed by atoms with van der Waals surface area (Å²) in [5.41, 5.74) is 1.13. The van der Waals surface area contributed by atoms with E-state index in [4.69, 9.17) is 0 Å². The topological polar surface area (TPSA) is 24.9 Å². The quantitative estimate of drug-likeness (QED) is 0.911. The predicted molar refractivity (Wildman–Crippen MR) is 74.8 cm³/mol. The highest BCUT2D eigenvalue weighted by molar-refractivity contribution is 9.10. The Bertz CT molecular complexity index is 337. The van der Waals surface area contributed by atoms with Gasteiger partial charge in [0, 0.05) is 23.3 Å². The third-order valence-electron chi connectivity index (χ3n) is 3.77. The van der Waals surface area contributed by atoms with Crippen LogP contribution in [-0.2, 0) is 6.54 Å². The van der Waals surface area contributed by atoms with Crippen molar-refractivity contribution in [3.63, 3.8) is 0 Å². The maximum absolute atomic E-state index is 4.40. The summed E-state index contributed by atoms with van der Waals surface area (Å²) in [7, 11) is 0. The van der Waals surface area contributed by atoms with E-state index in [0.717, 1.165) is 22.6 Å². The highest BCUT2D eigenvalue weighted by atomic mass is 79.9. The second kappa shape index (κ2) is 6.50. The molecule has 1 fully saturated rings. The molecule has 1 aliphatic rings. The third kappa shape index (κ3) is 3.78. The Hall–Kier alpha value is -0.410. The molecule has 2 atom stereocenters. The van der Waals surface area contributed by atoms with Gasteiger partial charge in [-0.1, -0.05) is 26.2 Å². The van der Waals surface area contributed by atoms with Crippen LogP contribution in [0.15, 0.2) is 22.8 Å². The predicted octanol–water partition coefficient (Wildman–Crippen LogP) is 3.90. The standard InChI is InChI=1S/C14H21BrN2/c1-2-11-5-3-4-6-14(11)17-10-13-8-7-12(15)9-16-13/h7-9,11,14,17H,2-6,10H2,1H3. The van der Waals surface area contributed by atoms with Gasteiger partial charge in [-0.05, 0) is 46.8 Å². The lowest BCUT2D eigenvalue weighted by Crippen LogP contribution is -2.37. The minimum atomic E-state index is 0.694. The summed E-state index contributed by atoms with van der Waals surface area (Å²) in [4.78, 5) is 4.40. The molecule has 94 valence electrons. The molecule has 3 heteroatoms. The Kier molecular flexibility index (Phi) is 4.99. The van der Waals surface area contributed by atoms with Crippen molar-refractivity contribution in [1.29, 1.82) is 0 Å². The van der Waals surface area contributed by atoms with Crippen molar-refractivity contribution in [2.24, 2.45) is 5.92 Å². The van der Waals surface area contributed by atoms with Crippen molar-refractivity contribution < 1.29 is 0 Å². The van der Waals surface area contributed by atoms with E-state index in [2.05, 4.69) is 45.3 Å². The number of hydrogen-bond donors (Lipinski definition) is 1. The molecule has 1 aromatic rings. The summed E-state index contributed by atoms with van der Waals surface area (Å²) >= 11 is 3.41. The lowest BCUT2D eigenvalue weighted by atomic mass is 9.83. The smallest absolute Gasteiger partial charge is 0.0542 e. The summed E-state index contributed by atoms with van der Waals surface area (Å²) in [6.45, 7) is 3.21. The molecule has 1 heterocycles. The van der Waals surface area contributed by atoms with Crippen LogP contribution in [0.3, 0.4) is 0 Å². The van der Waals surface area contributed by atoms with Crippen LogP contribution in [0.4, 0.5) is 0 Å². The molecule has 0 aliphatic heterocycles. The first-order chi connectivity index (χ1) is 8.29. The molecule has 2 unspecified atom stereocenters. The molecule has 0 saturated heterocycles. The summed E-state index contributed by atoms with van der Waals surface area (Å²) in [6.07, 6.45) is 8.67. The minimum absolute atomic E-state index is 0.694. The molecule has 1 aromatic heterocycles. The molecule has 0 spiro atoms. The molecule has 0 amide bonds. The van der Waals surface area contributed by atoms with Crippen molar-refractivity contribution in [1.82, 2.24) is 10.3 Å². The molecule has 0 aromatic carbocycles. The molecule has 0 radical (unpaired) electrons. The Morgan fingerprint density at radius 1 is 1.35 bits per heavy atom. The van der Waals surface area contributed by atoms with Gasteiger partial charge in [-0.2, -0.15) is 0 Å². The molecule has 1 N–H and O–H groups in total. The van der Waals surface area contributed by atoms with Crippen LogP contribution in [0.25, 0.3) is 0 Å². The van der Waals surface area contributed by atoms with Crippen molar-refractivity contribution in [2.45, 2.75) is 51.6 Å². The van der Waals surface area contributed by atoms with Crippen molar-refractivity contribution in [2.75, 3.05) is 0 Å². The van der Waals surface area contributed by atoms with Crippen LogP contribution in [0.2, 0.25) is 0 Å². The zero-order chi connectivity index (χ0) is 12.1. The summed E-state index contributed by atoms with van der Waals surface area (Å²) < 4.78 is 1.05. The van der Waals surface area contributed by atoms with Crippen molar-refractivity contribution in [3.8, 4) is 0 Å². The van der Waals surface area contributed by atoms with Crippen LogP contribution in [0.5, 0.6) is 0 Å². The number of nitrogens with one attached hydrogen (secondary N) is 1. The Morgan fingerprint density at radius 2 is 2.18 bits per heavy atom. The van der Waals surface area contributed by atoms with Gasteiger partial charge < -0.3 is 5.32 Å². The van der Waals surface area contributed by atoms with Crippen LogP contribution in [0.1, 0.15) is 44.7 Å². The SMILES string of the molecule is CCC1CCCCC1NCc1ccc(Br)cn1. The molecular weight excluding hydrogens is 276 g/mol. The highest BCUT2D eigenvalue weighted by Crippen LogP contribution is 2.26. The number of aromatic nitrogens is 1. The monoisotopic (exact) mass is 296 g/mol. The van der Waals surface area contributed by atoms with Crippen LogP contribution >= 0.6 is 15.9 Å². The zero-order valence-electron chi connectivity index (χ0n) is 10.5. The molecule has 1 saturated carbocycles. The van der Waals surface area contributed by atoms with E-state index < -0.39 is 0 Å². The number of pyridine rings is 1. The lowest BCUT2D eigenvalue weighted by molar-refractivity contribution is 0.254. The first kappa shape index (κ1) is 13.0. The fourth-order valence-electron chi connectivity index (χ4n) is 2.71. The van der Waals surface area contributed by atoms with Gasteiger partial charge in [-0.15, -0.1) is 0 Å². The average Bonchev–Trinajstić information content (AvgIpc) is 2.38. The fourth-order valence-corrected chi connectivity index (χ4v) is 2.95. The third-order valence-corrected chi connectivity index (χ3v) is 4.24. The van der Waals surface area contributed by atoms with Crippen molar-refractivity contribution >= 4 is 15.9 Å². The first-order valence-corrected chi connectivity index (χ1v) is 7.42. The molecule has 17 heavy (non-hydrogen) atoms. The number of nitrogens with zero attached hydrogens (tertiary/aromatic N) is 1. The highest BCUT2D eigenvalue weighted by Gasteiger charge is 2.22. The summed E-state index contributed by atoms with van der Waals surface area (Å²) in [5.74, 6) is 0.860. The zero-order valence-corrected chi connectivity index (χ0v) is 12.0. The van der Waals surface area contributed by atoms with Gasteiger partial charge in [0.15, 0.2) is 0 Å². The van der Waals surface area contributed by atoms with Crippen molar-refractivity contribution in [3.05, 3.63) is 28.5 Å². The van der Waals surface area contributed by atoms with Gasteiger partial charge in [0.2, 0.25) is 0 Å². The normalized spacial score (nSPS) is 24.8. The van der Waals surface area contributed by atoms with Gasteiger partial charge in [-0.3, -0.25) is 4.98 Å². The molecule has 1 aliphatic carbocycles. The first-order valence-electron chi connectivity index (χ1n) is 6.63. The number of rotatable bonds is 4. The van der Waals surface area contributed by atoms with Crippen LogP contribution in [-0.4, -0.2) is 11.0 Å². The van der Waals surface area contributed by atoms with E-state index in [1.807, 2.05) is 6.20 Å². The van der Waals surface area contributed by atoms with Gasteiger partial charge in [0.05, 0.1) is 5.69 Å². The second-order valence-electron chi connectivity index (χ2n) is 4.91. The average molecular weight is 297 g/mol. The second-order valence-corrected chi connectivity index (χ2v) is 5.82. The van der Waals surface area contributed by atoms with Crippen LogP contribution in [0, 0.1) is 5.92 Å². The van der Waals surface area contributed by atoms with Gasteiger partial charge in [0.1, 0.15) is 0 Å². The van der Waals surface area contributed by atoms with E-state index in [1.54, 1.807) is 0 Å². The molecular formula is C14H21BrN2. The maximum Gasteiger partial charge on any atom is 0.0542 e. The largest absolute Gasteiger partial charge is 0.308 e. The maximum atomic E-state index is 4.40. The fraction of sp³-hybridized carbons (Fsp3) is 0.643. The van der Waals surface area contributed by atoms with Gasteiger partial charge >= 0.3 is 0 Å². The number of hydrogen-bond acceptors (Lipinski definition) is 2. The van der Waals surface area contributed by atoms with E-state index in [-0.39, 0.29) is 0 Å². The Balaban J connectivity index is 1.86. The summed E-state index contributed by atoms with van der Waals surface area (Å²) in [5, 5.41) is 3.68. The minimum Gasteiger partial charge on any atom is -0.308 e. The van der Waals surface area contributed by atoms with E-state index in [1.165, 1.54) is 32.1 Å². The summed E-state index contributed by atoms with van der Waals surface area (Å²) in [6, 6.07) is 4.84. The lowest BCUT2D eigenvalue weighted by Gasteiger charge is -2.31. The van der Waals surface area contributed by atoms with Gasteiger partial charge in [0.25, 0.3) is 0 Å². The molecule has 0 bridgehead atoms. The Labute approximate surface area is 112 Å². The van der Waals surface area contributed by atoms with E-state index >= 15 is 0 Å².